The molecular weight excluding hydrogens is 332 g/mol. The van der Waals surface area contributed by atoms with E-state index in [1.54, 1.807) is 10.6 Å². The number of rotatable bonds is 7. The van der Waals surface area contributed by atoms with Crippen molar-refractivity contribution in [3.63, 3.8) is 0 Å². The van der Waals surface area contributed by atoms with Gasteiger partial charge in [-0.1, -0.05) is 32.0 Å². The van der Waals surface area contributed by atoms with Gasteiger partial charge in [-0.15, -0.1) is 10.2 Å². The second kappa shape index (κ2) is 7.97. The molecule has 26 heavy (non-hydrogen) atoms. The number of azo groups is 1. The maximum absolute atomic E-state index is 12.0. The normalized spacial score (nSPS) is 11.8. The lowest BCUT2D eigenvalue weighted by Gasteiger charge is -2.18. The average molecular weight is 354 g/mol. The van der Waals surface area contributed by atoms with Crippen molar-refractivity contribution in [2.75, 3.05) is 19.6 Å². The molecule has 0 saturated heterocycles. The van der Waals surface area contributed by atoms with Crippen molar-refractivity contribution in [3.05, 3.63) is 48.4 Å². The Morgan fingerprint density at radius 3 is 2.65 bits per heavy atom. The van der Waals surface area contributed by atoms with E-state index in [-0.39, 0.29) is 11.6 Å². The van der Waals surface area contributed by atoms with Crippen molar-refractivity contribution in [2.24, 2.45) is 10.2 Å². The Labute approximate surface area is 151 Å². The van der Waals surface area contributed by atoms with Gasteiger partial charge in [-0.2, -0.15) is 0 Å². The van der Waals surface area contributed by atoms with E-state index in [1.807, 2.05) is 24.3 Å². The van der Waals surface area contributed by atoms with Crippen molar-refractivity contribution < 1.29 is 14.3 Å². The molecule has 0 aliphatic carbocycles. The summed E-state index contributed by atoms with van der Waals surface area (Å²) in [5, 5.41) is 19.1. The van der Waals surface area contributed by atoms with E-state index in [1.165, 1.54) is 12.3 Å². The minimum Gasteiger partial charge on any atom is -0.493 e. The molecule has 7 heteroatoms. The highest BCUT2D eigenvalue weighted by atomic mass is 16.3. The number of carbonyl (C=O) groups excluding carboxylic acids is 1. The summed E-state index contributed by atoms with van der Waals surface area (Å²) in [6.45, 7) is 7.53. The highest BCUT2D eigenvalue weighted by molar-refractivity contribution is 5.96. The van der Waals surface area contributed by atoms with Gasteiger partial charge in [0.25, 0.3) is 0 Å². The van der Waals surface area contributed by atoms with E-state index in [2.05, 4.69) is 29.0 Å². The third-order valence-electron chi connectivity index (χ3n) is 4.42. The quantitative estimate of drug-likeness (QED) is 0.644. The van der Waals surface area contributed by atoms with E-state index in [0.717, 1.165) is 30.5 Å². The van der Waals surface area contributed by atoms with Crippen LogP contribution in [0.5, 0.6) is 5.88 Å². The fraction of sp³-hybridized carbons (Fsp3) is 0.316. The second-order valence-electron chi connectivity index (χ2n) is 5.85. The first-order chi connectivity index (χ1) is 12.7. The van der Waals surface area contributed by atoms with E-state index < -0.39 is 5.91 Å². The predicted octanol–water partition coefficient (Wildman–Crippen LogP) is 4.21. The monoisotopic (exact) mass is 354 g/mol. The third kappa shape index (κ3) is 3.52. The molecule has 1 N–H and O–H groups in total. The number of hydrogen-bond acceptors (Lipinski definition) is 5. The van der Waals surface area contributed by atoms with E-state index in [0.29, 0.717) is 12.2 Å². The summed E-state index contributed by atoms with van der Waals surface area (Å²) < 4.78 is 6.82. The van der Waals surface area contributed by atoms with Crippen LogP contribution in [0.2, 0.25) is 0 Å². The van der Waals surface area contributed by atoms with Crippen LogP contribution in [0.15, 0.2) is 57.3 Å². The van der Waals surface area contributed by atoms with Crippen molar-refractivity contribution in [3.8, 4) is 5.88 Å². The molecule has 0 unspecified atom stereocenters. The summed E-state index contributed by atoms with van der Waals surface area (Å²) in [6.07, 6.45) is 1.40. The summed E-state index contributed by atoms with van der Waals surface area (Å²) >= 11 is 0. The topological polar surface area (TPSA) is 83.3 Å². The summed E-state index contributed by atoms with van der Waals surface area (Å²) in [5.41, 5.74) is 1.15. The van der Waals surface area contributed by atoms with Crippen LogP contribution in [0.25, 0.3) is 10.9 Å². The largest absolute Gasteiger partial charge is 0.493 e. The summed E-state index contributed by atoms with van der Waals surface area (Å²) in [6, 6.07) is 10.7. The van der Waals surface area contributed by atoms with Crippen LogP contribution < -0.4 is 0 Å². The molecule has 2 heterocycles. The van der Waals surface area contributed by atoms with Crippen molar-refractivity contribution in [1.29, 1.82) is 0 Å². The maximum atomic E-state index is 12.0. The molecular formula is C19H22N4O3. The van der Waals surface area contributed by atoms with Crippen molar-refractivity contribution in [1.82, 2.24) is 9.47 Å². The zero-order valence-electron chi connectivity index (χ0n) is 14.9. The number of nitrogens with zero attached hydrogens (tertiary/aromatic N) is 4. The minimum absolute atomic E-state index is 0.00866. The van der Waals surface area contributed by atoms with E-state index in [4.69, 9.17) is 4.42 Å². The first-order valence-electron chi connectivity index (χ1n) is 8.67. The molecule has 0 bridgehead atoms. The van der Waals surface area contributed by atoms with Gasteiger partial charge in [-0.05, 0) is 31.3 Å². The van der Waals surface area contributed by atoms with Gasteiger partial charge in [-0.25, -0.2) is 0 Å². The van der Waals surface area contributed by atoms with Crippen LogP contribution in [0, 0.1) is 0 Å². The Kier molecular flexibility index (Phi) is 5.48. The number of para-hydroxylation sites is 1. The van der Waals surface area contributed by atoms with Gasteiger partial charge >= 0.3 is 5.91 Å². The molecule has 1 amide bonds. The van der Waals surface area contributed by atoms with Gasteiger partial charge in [0.05, 0.1) is 11.8 Å². The average Bonchev–Trinajstić information content (AvgIpc) is 3.28. The van der Waals surface area contributed by atoms with Gasteiger partial charge in [0.2, 0.25) is 5.88 Å². The Morgan fingerprint density at radius 2 is 1.96 bits per heavy atom. The molecule has 7 nitrogen and oxygen atoms in total. The zero-order chi connectivity index (χ0) is 18.5. The van der Waals surface area contributed by atoms with Crippen molar-refractivity contribution >= 4 is 22.5 Å². The molecule has 0 atom stereocenters. The van der Waals surface area contributed by atoms with Crippen LogP contribution in [-0.4, -0.2) is 40.1 Å². The summed E-state index contributed by atoms with van der Waals surface area (Å²) in [4.78, 5) is 14.3. The SMILES string of the molecule is CCN(CC)CCn1c(O)c(N=NC(=O)c2ccco2)c2ccccc21. The predicted molar refractivity (Wildman–Crippen MR) is 98.9 cm³/mol. The summed E-state index contributed by atoms with van der Waals surface area (Å²) in [7, 11) is 0. The number of amides is 1. The molecule has 0 aliphatic heterocycles. The highest BCUT2D eigenvalue weighted by Crippen LogP contribution is 2.38. The second-order valence-corrected chi connectivity index (χ2v) is 5.85. The molecule has 136 valence electrons. The number of aromatic hydroxyl groups is 1. The van der Waals surface area contributed by atoms with Crippen molar-refractivity contribution in [2.45, 2.75) is 20.4 Å². The van der Waals surface area contributed by atoms with Gasteiger partial charge < -0.3 is 19.0 Å². The van der Waals surface area contributed by atoms with Crippen LogP contribution in [0.3, 0.4) is 0 Å². The Bertz CT molecular complexity index is 908. The van der Waals surface area contributed by atoms with Crippen LogP contribution in [-0.2, 0) is 6.54 Å². The standard InChI is InChI=1S/C19H22N4O3/c1-3-22(4-2)11-12-23-15-9-6-5-8-14(15)17(19(23)25)20-21-18(24)16-10-7-13-26-16/h5-10,13,25H,3-4,11-12H2,1-2H3. The Balaban J connectivity index is 1.93. The number of hydrogen-bond donors (Lipinski definition) is 1. The van der Waals surface area contributed by atoms with Crippen LogP contribution in [0.1, 0.15) is 24.4 Å². The number of benzene rings is 1. The van der Waals surface area contributed by atoms with Crippen LogP contribution >= 0.6 is 0 Å². The number of furan rings is 1. The molecule has 1 aromatic carbocycles. The molecule has 0 spiro atoms. The Hall–Kier alpha value is -2.93. The lowest BCUT2D eigenvalue weighted by Crippen LogP contribution is -2.26. The zero-order valence-corrected chi connectivity index (χ0v) is 14.9. The van der Waals surface area contributed by atoms with Gasteiger partial charge in [-0.3, -0.25) is 4.79 Å². The fourth-order valence-electron chi connectivity index (χ4n) is 2.92. The first kappa shape index (κ1) is 17.9. The maximum Gasteiger partial charge on any atom is 0.331 e. The number of likely N-dealkylation sites (N-methyl/N-ethyl adjacent to an activating group) is 1. The number of fused-ring (bicyclic) bond motifs is 1. The molecule has 0 fully saturated rings. The van der Waals surface area contributed by atoms with Crippen LogP contribution in [0.4, 0.5) is 5.69 Å². The fourth-order valence-corrected chi connectivity index (χ4v) is 2.92. The smallest absolute Gasteiger partial charge is 0.331 e. The van der Waals surface area contributed by atoms with Gasteiger partial charge in [0, 0.05) is 18.5 Å². The number of carbonyl (C=O) groups is 1. The van der Waals surface area contributed by atoms with E-state index >= 15 is 0 Å². The first-order valence-corrected chi connectivity index (χ1v) is 8.67. The van der Waals surface area contributed by atoms with Gasteiger partial charge in [0.15, 0.2) is 11.4 Å². The molecule has 0 radical (unpaired) electrons. The van der Waals surface area contributed by atoms with Gasteiger partial charge in [0.1, 0.15) is 0 Å². The molecule has 0 aliphatic rings. The highest BCUT2D eigenvalue weighted by Gasteiger charge is 2.17. The molecule has 3 rings (SSSR count). The van der Waals surface area contributed by atoms with E-state index in [9.17, 15) is 9.90 Å². The minimum atomic E-state index is -0.589. The lowest BCUT2D eigenvalue weighted by molar-refractivity contribution is 0.0968. The Morgan fingerprint density at radius 1 is 1.19 bits per heavy atom. The third-order valence-corrected chi connectivity index (χ3v) is 4.42. The number of aromatic nitrogens is 1. The molecule has 3 aromatic rings. The molecule has 2 aromatic heterocycles. The summed E-state index contributed by atoms with van der Waals surface area (Å²) in [5.74, 6) is -0.470. The molecule has 0 saturated carbocycles. The lowest BCUT2D eigenvalue weighted by atomic mass is 10.2.